The van der Waals surface area contributed by atoms with Crippen molar-refractivity contribution in [3.63, 3.8) is 0 Å². The molecule has 1 fully saturated rings. The third-order valence-corrected chi connectivity index (χ3v) is 4.00. The third-order valence-electron chi connectivity index (χ3n) is 3.71. The van der Waals surface area contributed by atoms with Crippen LogP contribution in [0.2, 0.25) is 5.02 Å². The summed E-state index contributed by atoms with van der Waals surface area (Å²) in [4.78, 5) is 24.3. The first-order valence-electron chi connectivity index (χ1n) is 7.49. The van der Waals surface area contributed by atoms with Gasteiger partial charge in [0.05, 0.1) is 18.2 Å². The maximum Gasteiger partial charge on any atom is 0.319 e. The van der Waals surface area contributed by atoms with E-state index in [9.17, 15) is 14.7 Å². The topological polar surface area (TPSA) is 96.9 Å². The average Bonchev–Trinajstić information content (AvgIpc) is 2.56. The summed E-state index contributed by atoms with van der Waals surface area (Å²) in [5, 5.41) is 15.0. The lowest BCUT2D eigenvalue weighted by Gasteiger charge is -2.33. The van der Waals surface area contributed by atoms with E-state index < -0.39 is 24.0 Å². The Morgan fingerprint density at radius 3 is 2.84 bits per heavy atom. The maximum absolute atomic E-state index is 12.5. The Labute approximate surface area is 150 Å². The summed E-state index contributed by atoms with van der Waals surface area (Å²) in [6.07, 6.45) is 3.44. The second-order valence-electron chi connectivity index (χ2n) is 5.33. The van der Waals surface area contributed by atoms with Gasteiger partial charge in [-0.25, -0.2) is 4.79 Å². The fourth-order valence-corrected chi connectivity index (χ4v) is 2.70. The second-order valence-corrected chi connectivity index (χ2v) is 5.74. The van der Waals surface area contributed by atoms with Crippen LogP contribution in [0.25, 0.3) is 0 Å². The number of carbonyl (C=O) groups excluding carboxylic acids is 2. The molecule has 0 spiro atoms. The number of rotatable bonds is 5. The van der Waals surface area contributed by atoms with Crippen LogP contribution in [0.3, 0.4) is 0 Å². The predicted octanol–water partition coefficient (Wildman–Crippen LogP) is 2.66. The number of urea groups is 1. The molecule has 2 amide bonds. The molecule has 3 N–H and O–H groups in total. The van der Waals surface area contributed by atoms with E-state index in [1.807, 2.05) is 6.92 Å². The van der Waals surface area contributed by atoms with Gasteiger partial charge in [-0.1, -0.05) is 30.3 Å². The van der Waals surface area contributed by atoms with Crippen molar-refractivity contribution in [2.75, 3.05) is 13.7 Å². The Morgan fingerprint density at radius 2 is 2.20 bits per heavy atom. The summed E-state index contributed by atoms with van der Waals surface area (Å²) in [5.74, 6) is -1.52. The number of hydrogen-bond donors (Lipinski definition) is 3. The van der Waals surface area contributed by atoms with E-state index >= 15 is 0 Å². The zero-order valence-electron chi connectivity index (χ0n) is 13.8. The van der Waals surface area contributed by atoms with E-state index in [1.165, 1.54) is 19.2 Å². The number of ether oxygens (including phenoxy) is 2. The lowest BCUT2D eigenvalue weighted by molar-refractivity contribution is -0.147. The molecule has 0 radical (unpaired) electrons. The minimum absolute atomic E-state index is 0.0359. The number of allylic oxidation sites excluding steroid dienone is 1. The van der Waals surface area contributed by atoms with E-state index in [4.69, 9.17) is 21.1 Å². The summed E-state index contributed by atoms with van der Waals surface area (Å²) in [6, 6.07) is 1.67. The van der Waals surface area contributed by atoms with E-state index in [0.29, 0.717) is 5.56 Å². The lowest BCUT2D eigenvalue weighted by Crippen LogP contribution is -2.51. The highest BCUT2D eigenvalue weighted by molar-refractivity contribution is 6.32. The number of phenolic OH excluding ortho intramolecular Hbond substituents is 1. The Bertz CT molecular complexity index is 732. The number of halogens is 1. The zero-order valence-corrected chi connectivity index (χ0v) is 14.6. The van der Waals surface area contributed by atoms with Gasteiger partial charge in [-0.15, -0.1) is 0 Å². The quantitative estimate of drug-likeness (QED) is 0.550. The summed E-state index contributed by atoms with van der Waals surface area (Å²) in [7, 11) is 1.37. The summed E-state index contributed by atoms with van der Waals surface area (Å²) >= 11 is 6.01. The molecule has 134 valence electrons. The second kappa shape index (κ2) is 7.94. The molecule has 2 atom stereocenters. The van der Waals surface area contributed by atoms with Crippen LogP contribution in [0.1, 0.15) is 18.5 Å². The van der Waals surface area contributed by atoms with Crippen molar-refractivity contribution in [1.29, 1.82) is 0 Å². The number of nitrogens with one attached hydrogen (secondary N) is 2. The van der Waals surface area contributed by atoms with Crippen molar-refractivity contribution in [2.24, 2.45) is 5.92 Å². The fourth-order valence-electron chi connectivity index (χ4n) is 2.48. The van der Waals surface area contributed by atoms with Crippen molar-refractivity contribution >= 4 is 23.6 Å². The molecular formula is C17H19ClN2O5. The van der Waals surface area contributed by atoms with Crippen LogP contribution in [0.15, 0.2) is 36.6 Å². The Kier molecular flexibility index (Phi) is 5.93. The van der Waals surface area contributed by atoms with Crippen molar-refractivity contribution in [1.82, 2.24) is 10.6 Å². The largest absolute Gasteiger partial charge is 0.503 e. The van der Waals surface area contributed by atoms with Gasteiger partial charge >= 0.3 is 12.0 Å². The zero-order chi connectivity index (χ0) is 18.6. The standard InChI is InChI=1S/C17H19ClN2O5/c1-4-5-6-25-16(22)13-9(2)19-17(23)20-14(13)10-7-11(18)15(21)12(8-10)24-3/h4-5,7-8,13-14,21H,2,6H2,1,3H3,(H2,19,20,23)/b5-4+/t13-,14+/m0/s1. The minimum atomic E-state index is -0.867. The molecule has 8 heteroatoms. The van der Waals surface area contributed by atoms with Crippen LogP contribution in [-0.4, -0.2) is 30.8 Å². The molecule has 1 aromatic rings. The third kappa shape index (κ3) is 4.06. The molecule has 0 aliphatic carbocycles. The molecule has 0 bridgehead atoms. The summed E-state index contributed by atoms with van der Waals surface area (Å²) < 4.78 is 10.3. The van der Waals surface area contributed by atoms with Crippen LogP contribution < -0.4 is 15.4 Å². The van der Waals surface area contributed by atoms with Gasteiger partial charge in [-0.2, -0.15) is 0 Å². The van der Waals surface area contributed by atoms with Gasteiger partial charge in [0.1, 0.15) is 12.5 Å². The molecule has 2 rings (SSSR count). The highest BCUT2D eigenvalue weighted by Crippen LogP contribution is 2.39. The lowest BCUT2D eigenvalue weighted by atomic mass is 9.89. The molecular weight excluding hydrogens is 348 g/mol. The summed E-state index contributed by atoms with van der Waals surface area (Å²) in [6.45, 7) is 5.67. The number of esters is 1. The molecule has 1 aliphatic rings. The highest BCUT2D eigenvalue weighted by atomic mass is 35.5. The molecule has 0 unspecified atom stereocenters. The number of hydrogen-bond acceptors (Lipinski definition) is 5. The molecule has 0 aromatic heterocycles. The van der Waals surface area contributed by atoms with Crippen molar-refractivity contribution in [3.8, 4) is 11.5 Å². The van der Waals surface area contributed by atoms with Crippen LogP contribution in [0, 0.1) is 5.92 Å². The van der Waals surface area contributed by atoms with Gasteiger partial charge in [0.2, 0.25) is 0 Å². The summed E-state index contributed by atoms with van der Waals surface area (Å²) in [5.41, 5.74) is 0.686. The van der Waals surface area contributed by atoms with E-state index in [1.54, 1.807) is 12.2 Å². The molecule has 1 heterocycles. The predicted molar refractivity (Wildman–Crippen MR) is 92.5 cm³/mol. The van der Waals surface area contributed by atoms with Gasteiger partial charge in [-0.3, -0.25) is 4.79 Å². The van der Waals surface area contributed by atoms with Crippen molar-refractivity contribution < 1.29 is 24.2 Å². The molecule has 1 saturated heterocycles. The van der Waals surface area contributed by atoms with Crippen molar-refractivity contribution in [3.05, 3.63) is 47.1 Å². The van der Waals surface area contributed by atoms with E-state index in [-0.39, 0.29) is 28.8 Å². The van der Waals surface area contributed by atoms with Crippen LogP contribution in [-0.2, 0) is 9.53 Å². The van der Waals surface area contributed by atoms with Gasteiger partial charge in [0, 0.05) is 5.70 Å². The highest BCUT2D eigenvalue weighted by Gasteiger charge is 2.39. The van der Waals surface area contributed by atoms with Gasteiger partial charge in [-0.05, 0) is 24.6 Å². The molecule has 7 nitrogen and oxygen atoms in total. The monoisotopic (exact) mass is 366 g/mol. The van der Waals surface area contributed by atoms with Crippen LogP contribution in [0.5, 0.6) is 11.5 Å². The maximum atomic E-state index is 12.5. The molecule has 25 heavy (non-hydrogen) atoms. The molecule has 0 saturated carbocycles. The Balaban J connectivity index is 2.40. The first-order valence-corrected chi connectivity index (χ1v) is 7.87. The Morgan fingerprint density at radius 1 is 1.48 bits per heavy atom. The smallest absolute Gasteiger partial charge is 0.319 e. The van der Waals surface area contributed by atoms with Gasteiger partial charge < -0.3 is 25.2 Å². The van der Waals surface area contributed by atoms with Crippen LogP contribution in [0.4, 0.5) is 4.79 Å². The first-order chi connectivity index (χ1) is 11.9. The van der Waals surface area contributed by atoms with E-state index in [2.05, 4.69) is 17.2 Å². The molecule has 1 aromatic carbocycles. The number of carbonyl (C=O) groups is 2. The average molecular weight is 367 g/mol. The number of methoxy groups -OCH3 is 1. The first kappa shape index (κ1) is 18.7. The number of phenols is 1. The minimum Gasteiger partial charge on any atom is -0.503 e. The normalized spacial score (nSPS) is 20.1. The number of amides is 2. The molecule has 1 aliphatic heterocycles. The SMILES string of the molecule is C=C1NC(=O)N[C@H](c2cc(Cl)c(O)c(OC)c2)[C@H]1C(=O)OC/C=C/C. The van der Waals surface area contributed by atoms with Crippen molar-refractivity contribution in [2.45, 2.75) is 13.0 Å². The van der Waals surface area contributed by atoms with Crippen LogP contribution >= 0.6 is 11.6 Å². The van der Waals surface area contributed by atoms with Gasteiger partial charge in [0.15, 0.2) is 11.5 Å². The number of benzene rings is 1. The number of aromatic hydroxyl groups is 1. The fraction of sp³-hybridized carbons (Fsp3) is 0.294. The van der Waals surface area contributed by atoms with E-state index in [0.717, 1.165) is 0 Å². The Hall–Kier alpha value is -2.67. The van der Waals surface area contributed by atoms with Gasteiger partial charge in [0.25, 0.3) is 0 Å².